The van der Waals surface area contributed by atoms with Gasteiger partial charge in [0.25, 0.3) is 0 Å². The summed E-state index contributed by atoms with van der Waals surface area (Å²) in [7, 11) is 0. The van der Waals surface area contributed by atoms with Crippen LogP contribution in [0.1, 0.15) is 35.2 Å². The Morgan fingerprint density at radius 3 is 2.48 bits per heavy atom. The van der Waals surface area contributed by atoms with Gasteiger partial charge < -0.3 is 9.64 Å². The van der Waals surface area contributed by atoms with E-state index in [1.54, 1.807) is 0 Å². The summed E-state index contributed by atoms with van der Waals surface area (Å²) in [4.78, 5) is 14.9. The van der Waals surface area contributed by atoms with E-state index in [1.807, 2.05) is 67.6 Å². The van der Waals surface area contributed by atoms with Gasteiger partial charge in [-0.05, 0) is 31.2 Å². The van der Waals surface area contributed by atoms with E-state index >= 15 is 0 Å². The third-order valence-electron chi connectivity index (χ3n) is 5.96. The summed E-state index contributed by atoms with van der Waals surface area (Å²) in [5, 5.41) is 8.84. The molecule has 0 aliphatic carbocycles. The van der Waals surface area contributed by atoms with Crippen molar-refractivity contribution in [3.63, 3.8) is 0 Å². The second kappa shape index (κ2) is 6.99. The maximum Gasteiger partial charge on any atom is 0.170 e. The third-order valence-corrected chi connectivity index (χ3v) is 5.96. The van der Waals surface area contributed by atoms with E-state index in [0.29, 0.717) is 6.42 Å². The SMILES string of the molecule is Cc1ccc2c(c1)C(=O)CC1(CCN(c3ccc(-c4ccccc4)nn3)CC1)O2. The van der Waals surface area contributed by atoms with E-state index < -0.39 is 5.60 Å². The van der Waals surface area contributed by atoms with Crippen LogP contribution in [0.4, 0.5) is 5.82 Å². The fourth-order valence-corrected chi connectivity index (χ4v) is 4.29. The van der Waals surface area contributed by atoms with Crippen molar-refractivity contribution in [2.75, 3.05) is 18.0 Å². The van der Waals surface area contributed by atoms with Crippen LogP contribution >= 0.6 is 0 Å². The Labute approximate surface area is 170 Å². The summed E-state index contributed by atoms with van der Waals surface area (Å²) in [6, 6.07) is 20.0. The normalized spacial score (nSPS) is 17.7. The molecule has 5 nitrogen and oxygen atoms in total. The molecule has 3 heterocycles. The van der Waals surface area contributed by atoms with Gasteiger partial charge in [-0.2, -0.15) is 0 Å². The number of ketones is 1. The Bertz CT molecular complexity index is 1040. The van der Waals surface area contributed by atoms with Gasteiger partial charge in [0.2, 0.25) is 0 Å². The van der Waals surface area contributed by atoms with Crippen molar-refractivity contribution in [2.45, 2.75) is 31.8 Å². The van der Waals surface area contributed by atoms with Gasteiger partial charge >= 0.3 is 0 Å². The largest absolute Gasteiger partial charge is 0.486 e. The summed E-state index contributed by atoms with van der Waals surface area (Å²) in [6.07, 6.45) is 2.05. The number of hydrogen-bond acceptors (Lipinski definition) is 5. The van der Waals surface area contributed by atoms with E-state index in [1.165, 1.54) is 0 Å². The number of rotatable bonds is 2. The zero-order valence-corrected chi connectivity index (χ0v) is 16.5. The van der Waals surface area contributed by atoms with Crippen LogP contribution in [0.2, 0.25) is 0 Å². The van der Waals surface area contributed by atoms with Crippen molar-refractivity contribution < 1.29 is 9.53 Å². The Morgan fingerprint density at radius 2 is 1.76 bits per heavy atom. The molecule has 0 N–H and O–H groups in total. The summed E-state index contributed by atoms with van der Waals surface area (Å²) in [5.74, 6) is 1.79. The van der Waals surface area contributed by atoms with Gasteiger partial charge in [0, 0.05) is 31.5 Å². The van der Waals surface area contributed by atoms with Gasteiger partial charge in [-0.3, -0.25) is 4.79 Å². The van der Waals surface area contributed by atoms with Crippen molar-refractivity contribution in [1.82, 2.24) is 10.2 Å². The van der Waals surface area contributed by atoms with Gasteiger partial charge in [0.15, 0.2) is 11.6 Å². The lowest BCUT2D eigenvalue weighted by atomic mass is 9.82. The smallest absolute Gasteiger partial charge is 0.170 e. The molecule has 29 heavy (non-hydrogen) atoms. The molecule has 1 saturated heterocycles. The molecule has 5 rings (SSSR count). The number of carbonyl (C=O) groups excluding carboxylic acids is 1. The maximum atomic E-state index is 12.7. The lowest BCUT2D eigenvalue weighted by Crippen LogP contribution is -2.51. The number of ether oxygens (including phenoxy) is 1. The topological polar surface area (TPSA) is 55.3 Å². The van der Waals surface area contributed by atoms with Crippen molar-refractivity contribution in [2.24, 2.45) is 0 Å². The molecule has 0 atom stereocenters. The Balaban J connectivity index is 1.29. The first-order valence-corrected chi connectivity index (χ1v) is 10.1. The number of benzene rings is 2. The second-order valence-electron chi connectivity index (χ2n) is 8.01. The number of Topliss-reactive ketones (excluding diaryl/α,β-unsaturated/α-hetero) is 1. The number of fused-ring (bicyclic) bond motifs is 1. The van der Waals surface area contributed by atoms with Crippen LogP contribution in [0.25, 0.3) is 11.3 Å². The molecule has 0 unspecified atom stereocenters. The average Bonchev–Trinajstić information content (AvgIpc) is 2.76. The van der Waals surface area contributed by atoms with E-state index in [9.17, 15) is 4.79 Å². The number of nitrogens with zero attached hydrogens (tertiary/aromatic N) is 3. The zero-order valence-electron chi connectivity index (χ0n) is 16.5. The molecule has 1 spiro atoms. The summed E-state index contributed by atoms with van der Waals surface area (Å²) >= 11 is 0. The predicted octanol–water partition coefficient (Wildman–Crippen LogP) is 4.46. The fourth-order valence-electron chi connectivity index (χ4n) is 4.29. The van der Waals surface area contributed by atoms with Gasteiger partial charge in [0.05, 0.1) is 17.7 Å². The highest BCUT2D eigenvalue weighted by Gasteiger charge is 2.43. The summed E-state index contributed by atoms with van der Waals surface area (Å²) in [5.41, 5.74) is 3.35. The molecule has 2 aliphatic rings. The molecule has 0 saturated carbocycles. The molecular formula is C24H23N3O2. The highest BCUT2D eigenvalue weighted by atomic mass is 16.5. The fraction of sp³-hybridized carbons (Fsp3) is 0.292. The summed E-state index contributed by atoms with van der Waals surface area (Å²) < 4.78 is 6.36. The lowest BCUT2D eigenvalue weighted by molar-refractivity contribution is 0.0231. The Hall–Kier alpha value is -3.21. The van der Waals surface area contributed by atoms with Crippen molar-refractivity contribution >= 4 is 11.6 Å². The summed E-state index contributed by atoms with van der Waals surface area (Å²) in [6.45, 7) is 3.60. The number of piperidine rings is 1. The van der Waals surface area contributed by atoms with Gasteiger partial charge in [-0.25, -0.2) is 0 Å². The van der Waals surface area contributed by atoms with E-state index in [0.717, 1.165) is 59.9 Å². The van der Waals surface area contributed by atoms with E-state index in [4.69, 9.17) is 4.74 Å². The van der Waals surface area contributed by atoms with Crippen LogP contribution in [0.5, 0.6) is 5.75 Å². The Kier molecular flexibility index (Phi) is 4.31. The highest BCUT2D eigenvalue weighted by Crippen LogP contribution is 2.40. The van der Waals surface area contributed by atoms with Crippen molar-refractivity contribution in [1.29, 1.82) is 0 Å². The zero-order chi connectivity index (χ0) is 19.8. The standard InChI is InChI=1S/C24H23N3O2/c1-17-7-9-22-19(15-17)21(28)16-24(29-22)11-13-27(14-12-24)23-10-8-20(25-26-23)18-5-3-2-4-6-18/h2-10,15H,11-14,16H2,1H3. The Morgan fingerprint density at radius 1 is 0.966 bits per heavy atom. The number of hydrogen-bond donors (Lipinski definition) is 0. The van der Waals surface area contributed by atoms with Gasteiger partial charge in [0.1, 0.15) is 11.4 Å². The van der Waals surface area contributed by atoms with E-state index in [-0.39, 0.29) is 5.78 Å². The highest BCUT2D eigenvalue weighted by molar-refractivity contribution is 6.00. The first-order valence-electron chi connectivity index (χ1n) is 10.1. The van der Waals surface area contributed by atoms with Gasteiger partial charge in [-0.15, -0.1) is 10.2 Å². The van der Waals surface area contributed by atoms with Gasteiger partial charge in [-0.1, -0.05) is 42.0 Å². The number of carbonyl (C=O) groups is 1. The average molecular weight is 385 g/mol. The van der Waals surface area contributed by atoms with Crippen LogP contribution in [0, 0.1) is 6.92 Å². The molecule has 2 aromatic carbocycles. The minimum Gasteiger partial charge on any atom is -0.486 e. The molecule has 2 aliphatic heterocycles. The molecule has 3 aromatic rings. The molecule has 0 bridgehead atoms. The minimum absolute atomic E-state index is 0.190. The lowest BCUT2D eigenvalue weighted by Gasteiger charge is -2.44. The molecule has 5 heteroatoms. The first-order chi connectivity index (χ1) is 14.1. The van der Waals surface area contributed by atoms with Crippen molar-refractivity contribution in [3.8, 4) is 17.0 Å². The molecule has 1 fully saturated rings. The molecular weight excluding hydrogens is 362 g/mol. The number of aromatic nitrogens is 2. The van der Waals surface area contributed by atoms with Crippen LogP contribution < -0.4 is 9.64 Å². The van der Waals surface area contributed by atoms with Crippen molar-refractivity contribution in [3.05, 3.63) is 71.8 Å². The molecule has 0 radical (unpaired) electrons. The van der Waals surface area contributed by atoms with Crippen LogP contribution in [0.3, 0.4) is 0 Å². The van der Waals surface area contributed by atoms with Crippen LogP contribution in [0.15, 0.2) is 60.7 Å². The number of aryl methyl sites for hydroxylation is 1. The maximum absolute atomic E-state index is 12.7. The minimum atomic E-state index is -0.396. The first kappa shape index (κ1) is 17.9. The number of anilines is 1. The molecule has 1 aromatic heterocycles. The quantitative estimate of drug-likeness (QED) is 0.652. The third kappa shape index (κ3) is 3.37. The van der Waals surface area contributed by atoms with Crippen LogP contribution in [-0.2, 0) is 0 Å². The van der Waals surface area contributed by atoms with E-state index in [2.05, 4.69) is 15.1 Å². The molecule has 146 valence electrons. The monoisotopic (exact) mass is 385 g/mol. The second-order valence-corrected chi connectivity index (χ2v) is 8.01. The van der Waals surface area contributed by atoms with Crippen LogP contribution in [-0.4, -0.2) is 34.7 Å². The molecule has 0 amide bonds. The predicted molar refractivity (Wildman–Crippen MR) is 112 cm³/mol.